The molecule has 0 amide bonds. The third-order valence-electron chi connectivity index (χ3n) is 3.88. The topological polar surface area (TPSA) is 21.3 Å². The Hall–Kier alpha value is -0.280. The molecular weight excluding hydrogens is 281 g/mol. The number of hydrogen-bond donors (Lipinski definition) is 1. The molecule has 2 rings (SSSR count). The molecule has 19 heavy (non-hydrogen) atoms. The number of hydrogen-bond acceptors (Lipinski definition) is 2. The van der Waals surface area contributed by atoms with Gasteiger partial charge in [-0.25, -0.2) is 0 Å². The highest BCUT2D eigenvalue weighted by Crippen LogP contribution is 2.29. The van der Waals surface area contributed by atoms with E-state index in [2.05, 4.69) is 19.2 Å². The molecule has 1 aromatic carbocycles. The lowest BCUT2D eigenvalue weighted by Crippen LogP contribution is -2.36. The zero-order valence-electron chi connectivity index (χ0n) is 11.5. The summed E-state index contributed by atoms with van der Waals surface area (Å²) in [6.07, 6.45) is 2.14. The number of ether oxygens (including phenoxy) is 1. The maximum Gasteiger partial charge on any atom is 0.0509 e. The van der Waals surface area contributed by atoms with E-state index < -0.39 is 0 Å². The molecule has 1 aliphatic heterocycles. The van der Waals surface area contributed by atoms with Gasteiger partial charge in [0, 0.05) is 28.7 Å². The molecule has 3 unspecified atom stereocenters. The number of halogens is 2. The average Bonchev–Trinajstić information content (AvgIpc) is 2.90. The summed E-state index contributed by atoms with van der Waals surface area (Å²) in [6.45, 7) is 6.14. The monoisotopic (exact) mass is 301 g/mol. The first kappa shape index (κ1) is 15.1. The highest BCUT2D eigenvalue weighted by molar-refractivity contribution is 6.35. The molecule has 1 aromatic rings. The first-order valence-electron chi connectivity index (χ1n) is 6.90. The van der Waals surface area contributed by atoms with Gasteiger partial charge < -0.3 is 10.1 Å². The van der Waals surface area contributed by atoms with Gasteiger partial charge in [0.25, 0.3) is 0 Å². The first-order valence-corrected chi connectivity index (χ1v) is 7.66. The predicted octanol–water partition coefficient (Wildman–Crippen LogP) is 4.46. The van der Waals surface area contributed by atoms with E-state index in [1.807, 2.05) is 18.2 Å². The third kappa shape index (κ3) is 3.85. The van der Waals surface area contributed by atoms with Crippen LogP contribution in [0.2, 0.25) is 10.0 Å². The number of nitrogens with one attached hydrogen (secondary N) is 1. The lowest BCUT2D eigenvalue weighted by atomic mass is 9.97. The standard InChI is InChI=1S/C15H21Cl2NO/c1-3-15(13-5-4-12(16)8-14(13)17)18-10(2)11-6-7-19-9-11/h4-5,8,10-11,15,18H,3,6-7,9H2,1-2H3. The fraction of sp³-hybridized carbons (Fsp3) is 0.600. The van der Waals surface area contributed by atoms with Crippen LogP contribution in [0, 0.1) is 5.92 Å². The van der Waals surface area contributed by atoms with Gasteiger partial charge in [-0.2, -0.15) is 0 Å². The highest BCUT2D eigenvalue weighted by atomic mass is 35.5. The van der Waals surface area contributed by atoms with Crippen LogP contribution in [0.15, 0.2) is 18.2 Å². The van der Waals surface area contributed by atoms with Crippen LogP contribution in [0.1, 0.15) is 38.3 Å². The lowest BCUT2D eigenvalue weighted by Gasteiger charge is -2.26. The van der Waals surface area contributed by atoms with Gasteiger partial charge in [-0.05, 0) is 43.4 Å². The van der Waals surface area contributed by atoms with Gasteiger partial charge in [0.15, 0.2) is 0 Å². The van der Waals surface area contributed by atoms with E-state index in [9.17, 15) is 0 Å². The summed E-state index contributed by atoms with van der Waals surface area (Å²) in [7, 11) is 0. The molecule has 0 aliphatic carbocycles. The Labute approximate surface area is 125 Å². The van der Waals surface area contributed by atoms with Gasteiger partial charge >= 0.3 is 0 Å². The molecular formula is C15H21Cl2NO. The van der Waals surface area contributed by atoms with E-state index in [0.717, 1.165) is 36.6 Å². The van der Waals surface area contributed by atoms with Crippen molar-refractivity contribution in [2.45, 2.75) is 38.8 Å². The first-order chi connectivity index (χ1) is 9.11. The van der Waals surface area contributed by atoms with Crippen molar-refractivity contribution in [2.24, 2.45) is 5.92 Å². The zero-order chi connectivity index (χ0) is 13.8. The highest BCUT2D eigenvalue weighted by Gasteiger charge is 2.25. The van der Waals surface area contributed by atoms with Crippen molar-refractivity contribution in [3.8, 4) is 0 Å². The van der Waals surface area contributed by atoms with Crippen molar-refractivity contribution in [2.75, 3.05) is 13.2 Å². The molecule has 0 radical (unpaired) electrons. The fourth-order valence-electron chi connectivity index (χ4n) is 2.61. The summed E-state index contributed by atoms with van der Waals surface area (Å²) in [5, 5.41) is 5.10. The number of benzene rings is 1. The summed E-state index contributed by atoms with van der Waals surface area (Å²) in [6, 6.07) is 6.42. The summed E-state index contributed by atoms with van der Waals surface area (Å²) >= 11 is 12.2. The van der Waals surface area contributed by atoms with Crippen molar-refractivity contribution in [3.63, 3.8) is 0 Å². The van der Waals surface area contributed by atoms with Crippen LogP contribution in [-0.2, 0) is 4.74 Å². The van der Waals surface area contributed by atoms with E-state index in [4.69, 9.17) is 27.9 Å². The smallest absolute Gasteiger partial charge is 0.0509 e. The average molecular weight is 302 g/mol. The molecule has 3 atom stereocenters. The second-order valence-corrected chi connectivity index (χ2v) is 6.05. The van der Waals surface area contributed by atoms with Crippen molar-refractivity contribution < 1.29 is 4.74 Å². The van der Waals surface area contributed by atoms with Gasteiger partial charge in [-0.15, -0.1) is 0 Å². The summed E-state index contributed by atoms with van der Waals surface area (Å²) in [4.78, 5) is 0. The lowest BCUT2D eigenvalue weighted by molar-refractivity contribution is 0.176. The van der Waals surface area contributed by atoms with Crippen LogP contribution in [0.5, 0.6) is 0 Å². The molecule has 1 N–H and O–H groups in total. The molecule has 1 aliphatic rings. The van der Waals surface area contributed by atoms with Crippen molar-refractivity contribution >= 4 is 23.2 Å². The van der Waals surface area contributed by atoms with Gasteiger partial charge in [0.1, 0.15) is 0 Å². The molecule has 1 heterocycles. The molecule has 106 valence electrons. The van der Waals surface area contributed by atoms with Crippen molar-refractivity contribution in [1.82, 2.24) is 5.32 Å². The molecule has 0 aromatic heterocycles. The van der Waals surface area contributed by atoms with E-state index in [1.165, 1.54) is 0 Å². The Morgan fingerprint density at radius 1 is 1.42 bits per heavy atom. The molecule has 4 heteroatoms. The van der Waals surface area contributed by atoms with Crippen molar-refractivity contribution in [1.29, 1.82) is 0 Å². The van der Waals surface area contributed by atoms with Crippen LogP contribution >= 0.6 is 23.2 Å². The third-order valence-corrected chi connectivity index (χ3v) is 4.44. The molecule has 0 bridgehead atoms. The van der Waals surface area contributed by atoms with E-state index >= 15 is 0 Å². The fourth-order valence-corrected chi connectivity index (χ4v) is 3.15. The minimum absolute atomic E-state index is 0.264. The van der Waals surface area contributed by atoms with E-state index in [0.29, 0.717) is 17.0 Å². The summed E-state index contributed by atoms with van der Waals surface area (Å²) in [5.74, 6) is 0.597. The van der Waals surface area contributed by atoms with Gasteiger partial charge in [-0.1, -0.05) is 36.2 Å². The van der Waals surface area contributed by atoms with Crippen molar-refractivity contribution in [3.05, 3.63) is 33.8 Å². The maximum absolute atomic E-state index is 6.30. The summed E-state index contributed by atoms with van der Waals surface area (Å²) < 4.78 is 5.46. The van der Waals surface area contributed by atoms with E-state index in [-0.39, 0.29) is 6.04 Å². The predicted molar refractivity (Wildman–Crippen MR) is 81.0 cm³/mol. The largest absolute Gasteiger partial charge is 0.381 e. The normalized spacial score (nSPS) is 22.4. The van der Waals surface area contributed by atoms with Crippen LogP contribution in [0.4, 0.5) is 0 Å². The second-order valence-electron chi connectivity index (χ2n) is 5.21. The quantitative estimate of drug-likeness (QED) is 0.867. The molecule has 2 nitrogen and oxygen atoms in total. The van der Waals surface area contributed by atoms with Gasteiger partial charge in [0.2, 0.25) is 0 Å². The SMILES string of the molecule is CCC(NC(C)C1CCOC1)c1ccc(Cl)cc1Cl. The minimum atomic E-state index is 0.264. The molecule has 1 saturated heterocycles. The van der Waals surface area contributed by atoms with Crippen LogP contribution < -0.4 is 5.32 Å². The van der Waals surface area contributed by atoms with Crippen LogP contribution in [-0.4, -0.2) is 19.3 Å². The maximum atomic E-state index is 6.30. The van der Waals surface area contributed by atoms with Gasteiger partial charge in [0.05, 0.1) is 6.61 Å². The Balaban J connectivity index is 2.06. The molecule has 0 saturated carbocycles. The second kappa shape index (κ2) is 6.94. The minimum Gasteiger partial charge on any atom is -0.381 e. The zero-order valence-corrected chi connectivity index (χ0v) is 13.0. The number of rotatable bonds is 5. The Morgan fingerprint density at radius 2 is 2.21 bits per heavy atom. The molecule has 1 fully saturated rings. The Kier molecular flexibility index (Phi) is 5.52. The van der Waals surface area contributed by atoms with Crippen LogP contribution in [0.3, 0.4) is 0 Å². The Morgan fingerprint density at radius 3 is 2.79 bits per heavy atom. The van der Waals surface area contributed by atoms with Crippen LogP contribution in [0.25, 0.3) is 0 Å². The summed E-state index contributed by atoms with van der Waals surface area (Å²) in [5.41, 5.74) is 1.12. The van der Waals surface area contributed by atoms with E-state index in [1.54, 1.807) is 0 Å². The van der Waals surface area contributed by atoms with Gasteiger partial charge in [-0.3, -0.25) is 0 Å². The Bertz CT molecular complexity index is 419. The molecule has 0 spiro atoms.